The summed E-state index contributed by atoms with van der Waals surface area (Å²) in [5.41, 5.74) is 7.56. The van der Waals surface area contributed by atoms with Gasteiger partial charge < -0.3 is 5.73 Å². The van der Waals surface area contributed by atoms with Crippen LogP contribution in [0.1, 0.15) is 24.6 Å². The van der Waals surface area contributed by atoms with E-state index in [0.29, 0.717) is 11.0 Å². The summed E-state index contributed by atoms with van der Waals surface area (Å²) < 4.78 is 0. The Kier molecular flexibility index (Phi) is 2.68. The Bertz CT molecular complexity index is 448. The predicted molar refractivity (Wildman–Crippen MR) is 63.8 cm³/mol. The van der Waals surface area contributed by atoms with E-state index in [1.807, 2.05) is 18.2 Å². The van der Waals surface area contributed by atoms with Gasteiger partial charge in [-0.25, -0.2) is 4.98 Å². The fourth-order valence-corrected chi connectivity index (χ4v) is 2.27. The number of rotatable bonds is 2. The van der Waals surface area contributed by atoms with E-state index in [0.717, 1.165) is 11.4 Å². The van der Waals surface area contributed by atoms with Crippen molar-refractivity contribution in [3.8, 4) is 11.4 Å². The number of nitrogens with zero attached hydrogens (tertiary/aromatic N) is 2. The molecule has 2 N–H and O–H groups in total. The average molecular weight is 219 g/mol. The Morgan fingerprint density at radius 1 is 1.33 bits per heavy atom. The van der Waals surface area contributed by atoms with Crippen LogP contribution in [0.5, 0.6) is 0 Å². The molecule has 0 saturated heterocycles. The Balaban J connectivity index is 2.53. The number of thiazole rings is 1. The first-order valence-electron chi connectivity index (χ1n) is 4.86. The quantitative estimate of drug-likeness (QED) is 0.845. The minimum atomic E-state index is 0.428. The highest BCUT2D eigenvalue weighted by Gasteiger charge is 2.14. The zero-order valence-corrected chi connectivity index (χ0v) is 9.58. The summed E-state index contributed by atoms with van der Waals surface area (Å²) >= 11 is 1.54. The maximum absolute atomic E-state index is 5.73. The number of nitrogen functional groups attached to an aromatic ring is 1. The average Bonchev–Trinajstić information content (AvgIpc) is 2.62. The lowest BCUT2D eigenvalue weighted by Crippen LogP contribution is -1.90. The molecule has 0 unspecified atom stereocenters. The van der Waals surface area contributed by atoms with Crippen molar-refractivity contribution in [3.05, 3.63) is 29.3 Å². The van der Waals surface area contributed by atoms with Crippen LogP contribution in [0.25, 0.3) is 11.4 Å². The van der Waals surface area contributed by atoms with E-state index in [1.165, 1.54) is 4.88 Å². The van der Waals surface area contributed by atoms with Crippen molar-refractivity contribution in [1.82, 2.24) is 9.97 Å². The van der Waals surface area contributed by atoms with E-state index < -0.39 is 0 Å². The molecular weight excluding hydrogens is 206 g/mol. The molecule has 0 aromatic carbocycles. The molecule has 2 rings (SSSR count). The molecule has 0 spiro atoms. The SMILES string of the molecule is CC(C)c1sc(N)nc1-c1ccccn1. The molecule has 0 fully saturated rings. The van der Waals surface area contributed by atoms with Crippen LogP contribution in [0, 0.1) is 0 Å². The van der Waals surface area contributed by atoms with E-state index in [9.17, 15) is 0 Å². The van der Waals surface area contributed by atoms with Gasteiger partial charge in [0, 0.05) is 11.1 Å². The number of pyridine rings is 1. The molecule has 15 heavy (non-hydrogen) atoms. The molecule has 2 aromatic rings. The summed E-state index contributed by atoms with van der Waals surface area (Å²) in [4.78, 5) is 9.83. The first-order valence-corrected chi connectivity index (χ1v) is 5.67. The molecule has 78 valence electrons. The van der Waals surface area contributed by atoms with Crippen LogP contribution < -0.4 is 5.73 Å². The van der Waals surface area contributed by atoms with Crippen molar-refractivity contribution in [2.24, 2.45) is 0 Å². The Labute approximate surface area is 93.0 Å². The lowest BCUT2D eigenvalue weighted by molar-refractivity contribution is 0.887. The summed E-state index contributed by atoms with van der Waals surface area (Å²) in [6, 6.07) is 5.82. The van der Waals surface area contributed by atoms with Gasteiger partial charge in [-0.2, -0.15) is 0 Å². The number of hydrogen-bond donors (Lipinski definition) is 1. The van der Waals surface area contributed by atoms with E-state index >= 15 is 0 Å². The molecule has 3 nitrogen and oxygen atoms in total. The summed E-state index contributed by atoms with van der Waals surface area (Å²) in [7, 11) is 0. The zero-order valence-electron chi connectivity index (χ0n) is 8.77. The molecule has 0 saturated carbocycles. The first-order chi connectivity index (χ1) is 7.18. The summed E-state index contributed by atoms with van der Waals surface area (Å²) in [5, 5.41) is 0.611. The van der Waals surface area contributed by atoms with Gasteiger partial charge in [-0.15, -0.1) is 11.3 Å². The van der Waals surface area contributed by atoms with Crippen LogP contribution >= 0.6 is 11.3 Å². The van der Waals surface area contributed by atoms with Gasteiger partial charge in [-0.1, -0.05) is 19.9 Å². The van der Waals surface area contributed by atoms with Gasteiger partial charge in [-0.3, -0.25) is 4.98 Å². The molecule has 4 heteroatoms. The van der Waals surface area contributed by atoms with Gasteiger partial charge in [0.25, 0.3) is 0 Å². The minimum Gasteiger partial charge on any atom is -0.375 e. The molecule has 0 aliphatic rings. The summed E-state index contributed by atoms with van der Waals surface area (Å²) in [6.45, 7) is 4.28. The molecule has 2 heterocycles. The van der Waals surface area contributed by atoms with Crippen LogP contribution in [-0.4, -0.2) is 9.97 Å². The molecule has 2 aromatic heterocycles. The van der Waals surface area contributed by atoms with Crippen molar-refractivity contribution in [1.29, 1.82) is 0 Å². The molecule has 0 aliphatic heterocycles. The van der Waals surface area contributed by atoms with Crippen LogP contribution in [0.4, 0.5) is 5.13 Å². The maximum Gasteiger partial charge on any atom is 0.180 e. The zero-order chi connectivity index (χ0) is 10.8. The van der Waals surface area contributed by atoms with Crippen molar-refractivity contribution >= 4 is 16.5 Å². The van der Waals surface area contributed by atoms with Crippen LogP contribution in [0.2, 0.25) is 0 Å². The molecular formula is C11H13N3S. The molecule has 0 atom stereocenters. The van der Waals surface area contributed by atoms with Crippen LogP contribution in [-0.2, 0) is 0 Å². The third kappa shape index (κ3) is 1.99. The maximum atomic E-state index is 5.73. The van der Waals surface area contributed by atoms with E-state index in [1.54, 1.807) is 17.5 Å². The number of aromatic nitrogens is 2. The highest BCUT2D eigenvalue weighted by molar-refractivity contribution is 7.15. The Morgan fingerprint density at radius 2 is 2.13 bits per heavy atom. The molecule has 0 bridgehead atoms. The van der Waals surface area contributed by atoms with Gasteiger partial charge in [0.1, 0.15) is 5.69 Å². The highest BCUT2D eigenvalue weighted by Crippen LogP contribution is 2.33. The van der Waals surface area contributed by atoms with Crippen molar-refractivity contribution in [2.45, 2.75) is 19.8 Å². The summed E-state index contributed by atoms with van der Waals surface area (Å²) in [5.74, 6) is 0.428. The highest BCUT2D eigenvalue weighted by atomic mass is 32.1. The Hall–Kier alpha value is -1.42. The molecule has 0 aliphatic carbocycles. The van der Waals surface area contributed by atoms with Gasteiger partial charge >= 0.3 is 0 Å². The number of anilines is 1. The Morgan fingerprint density at radius 3 is 2.73 bits per heavy atom. The first kappa shape index (κ1) is 10.1. The second-order valence-corrected chi connectivity index (χ2v) is 4.70. The fraction of sp³-hybridized carbons (Fsp3) is 0.273. The number of nitrogens with two attached hydrogens (primary N) is 1. The smallest absolute Gasteiger partial charge is 0.180 e. The van der Waals surface area contributed by atoms with Crippen molar-refractivity contribution in [3.63, 3.8) is 0 Å². The van der Waals surface area contributed by atoms with Gasteiger partial charge in [0.05, 0.1) is 5.69 Å². The fourth-order valence-electron chi connectivity index (χ4n) is 1.43. The standard InChI is InChI=1S/C11H13N3S/c1-7(2)10-9(14-11(12)15-10)8-5-3-4-6-13-8/h3-7H,1-2H3,(H2,12,14). The number of hydrogen-bond acceptors (Lipinski definition) is 4. The summed E-state index contributed by atoms with van der Waals surface area (Å²) in [6.07, 6.45) is 1.77. The van der Waals surface area contributed by atoms with E-state index in [-0.39, 0.29) is 0 Å². The van der Waals surface area contributed by atoms with Gasteiger partial charge in [-0.05, 0) is 18.1 Å². The lowest BCUT2D eigenvalue weighted by atomic mass is 10.1. The van der Waals surface area contributed by atoms with Gasteiger partial charge in [0.2, 0.25) is 0 Å². The predicted octanol–water partition coefficient (Wildman–Crippen LogP) is 2.91. The second-order valence-electron chi connectivity index (χ2n) is 3.63. The second kappa shape index (κ2) is 3.98. The monoisotopic (exact) mass is 219 g/mol. The van der Waals surface area contributed by atoms with E-state index in [2.05, 4.69) is 23.8 Å². The molecule has 0 amide bonds. The van der Waals surface area contributed by atoms with Gasteiger partial charge in [0.15, 0.2) is 5.13 Å². The largest absolute Gasteiger partial charge is 0.375 e. The third-order valence-corrected chi connectivity index (χ3v) is 3.29. The van der Waals surface area contributed by atoms with Crippen molar-refractivity contribution < 1.29 is 0 Å². The van der Waals surface area contributed by atoms with Crippen LogP contribution in [0.15, 0.2) is 24.4 Å². The van der Waals surface area contributed by atoms with Crippen molar-refractivity contribution in [2.75, 3.05) is 5.73 Å². The van der Waals surface area contributed by atoms with E-state index in [4.69, 9.17) is 5.73 Å². The third-order valence-electron chi connectivity index (χ3n) is 2.10. The normalized spacial score (nSPS) is 10.9. The minimum absolute atomic E-state index is 0.428. The topological polar surface area (TPSA) is 51.8 Å². The molecule has 0 radical (unpaired) electrons. The van der Waals surface area contributed by atoms with Crippen LogP contribution in [0.3, 0.4) is 0 Å². The lowest BCUT2D eigenvalue weighted by Gasteiger charge is -2.03.